The number of fused-ring (bicyclic) bond motifs is 1. The van der Waals surface area contributed by atoms with E-state index in [9.17, 15) is 4.79 Å². The molecule has 0 aliphatic carbocycles. The molecule has 0 atom stereocenters. The molecule has 1 aromatic carbocycles. The maximum Gasteiger partial charge on any atom is 0.265 e. The van der Waals surface area contributed by atoms with E-state index in [4.69, 9.17) is 15.0 Å². The molecule has 0 bridgehead atoms. The number of hydrogen-bond donors (Lipinski definition) is 1. The molecule has 2 N–H and O–H groups in total. The molecule has 0 fully saturated rings. The van der Waals surface area contributed by atoms with E-state index >= 15 is 0 Å². The van der Waals surface area contributed by atoms with Crippen LogP contribution >= 0.6 is 0 Å². The number of rotatable bonds is 3. The van der Waals surface area contributed by atoms with Crippen molar-refractivity contribution in [1.29, 1.82) is 0 Å². The van der Waals surface area contributed by atoms with Crippen LogP contribution in [0.1, 0.15) is 12.7 Å². The lowest BCUT2D eigenvalue weighted by Crippen LogP contribution is -2.38. The van der Waals surface area contributed by atoms with E-state index in [0.717, 1.165) is 11.3 Å². The molecule has 0 saturated carbocycles. The summed E-state index contributed by atoms with van der Waals surface area (Å²) in [5.74, 6) is 1.29. The first-order valence-electron chi connectivity index (χ1n) is 6.46. The number of nitrogens with two attached hydrogens (primary N) is 1. The van der Waals surface area contributed by atoms with Gasteiger partial charge in [-0.05, 0) is 25.1 Å². The molecule has 1 aromatic heterocycles. The molecule has 20 heavy (non-hydrogen) atoms. The molecule has 1 aliphatic rings. The number of amides is 1. The normalized spacial score (nSPS) is 14.1. The zero-order valence-corrected chi connectivity index (χ0v) is 11.1. The molecule has 104 valence electrons. The summed E-state index contributed by atoms with van der Waals surface area (Å²) in [5, 5.41) is 3.98. The number of carbonyl (C=O) groups is 1. The topological polar surface area (TPSA) is 81.6 Å². The molecule has 2 aromatic rings. The fourth-order valence-electron chi connectivity index (χ4n) is 2.25. The SMILES string of the molecule is CCN1C(=O)COc2ccc(-c3cc(CN)on3)cc21. The number of ether oxygens (including phenoxy) is 1. The van der Waals surface area contributed by atoms with Gasteiger partial charge >= 0.3 is 0 Å². The third-order valence-electron chi connectivity index (χ3n) is 3.27. The van der Waals surface area contributed by atoms with Gasteiger partial charge in [-0.15, -0.1) is 0 Å². The first-order valence-corrected chi connectivity index (χ1v) is 6.46. The highest BCUT2D eigenvalue weighted by molar-refractivity contribution is 5.98. The first kappa shape index (κ1) is 12.7. The minimum Gasteiger partial charge on any atom is -0.482 e. The van der Waals surface area contributed by atoms with Crippen molar-refractivity contribution >= 4 is 11.6 Å². The zero-order valence-electron chi connectivity index (χ0n) is 11.1. The Morgan fingerprint density at radius 2 is 2.25 bits per heavy atom. The van der Waals surface area contributed by atoms with Crippen LogP contribution in [0.4, 0.5) is 5.69 Å². The van der Waals surface area contributed by atoms with E-state index in [1.165, 1.54) is 0 Å². The van der Waals surface area contributed by atoms with Crippen molar-refractivity contribution in [2.45, 2.75) is 13.5 Å². The van der Waals surface area contributed by atoms with E-state index < -0.39 is 0 Å². The molecule has 6 nitrogen and oxygen atoms in total. The number of carbonyl (C=O) groups excluding carboxylic acids is 1. The smallest absolute Gasteiger partial charge is 0.265 e. The van der Waals surface area contributed by atoms with Gasteiger partial charge in [-0.3, -0.25) is 4.79 Å². The molecule has 6 heteroatoms. The second-order valence-corrected chi connectivity index (χ2v) is 4.49. The molecule has 0 spiro atoms. The quantitative estimate of drug-likeness (QED) is 0.917. The molecule has 0 unspecified atom stereocenters. The summed E-state index contributed by atoms with van der Waals surface area (Å²) in [6.45, 7) is 2.93. The maximum absolute atomic E-state index is 11.8. The third-order valence-corrected chi connectivity index (χ3v) is 3.27. The fraction of sp³-hybridized carbons (Fsp3) is 0.286. The van der Waals surface area contributed by atoms with E-state index in [1.807, 2.05) is 25.1 Å². The summed E-state index contributed by atoms with van der Waals surface area (Å²) in [7, 11) is 0. The Morgan fingerprint density at radius 1 is 1.40 bits per heavy atom. The van der Waals surface area contributed by atoms with Crippen molar-refractivity contribution < 1.29 is 14.1 Å². The van der Waals surface area contributed by atoms with Crippen molar-refractivity contribution in [3.63, 3.8) is 0 Å². The molecule has 2 heterocycles. The van der Waals surface area contributed by atoms with Gasteiger partial charge in [0, 0.05) is 18.2 Å². The number of hydrogen-bond acceptors (Lipinski definition) is 5. The van der Waals surface area contributed by atoms with Gasteiger partial charge in [-0.1, -0.05) is 5.16 Å². The van der Waals surface area contributed by atoms with Crippen LogP contribution in [-0.4, -0.2) is 24.2 Å². The molecule has 0 radical (unpaired) electrons. The van der Waals surface area contributed by atoms with Gasteiger partial charge in [-0.2, -0.15) is 0 Å². The van der Waals surface area contributed by atoms with Crippen molar-refractivity contribution in [3.8, 4) is 17.0 Å². The fourth-order valence-corrected chi connectivity index (χ4v) is 2.25. The Labute approximate surface area is 116 Å². The molecule has 3 rings (SSSR count). The highest BCUT2D eigenvalue weighted by atomic mass is 16.5. The minimum absolute atomic E-state index is 0.0417. The lowest BCUT2D eigenvalue weighted by atomic mass is 10.1. The predicted molar refractivity (Wildman–Crippen MR) is 73.4 cm³/mol. The highest BCUT2D eigenvalue weighted by Crippen LogP contribution is 2.35. The monoisotopic (exact) mass is 273 g/mol. The number of likely N-dealkylation sites (N-methyl/N-ethyl adjacent to an activating group) is 1. The first-order chi connectivity index (χ1) is 9.72. The predicted octanol–water partition coefficient (Wildman–Crippen LogP) is 1.55. The third kappa shape index (κ3) is 2.04. The molecule has 1 aliphatic heterocycles. The Morgan fingerprint density at radius 3 is 2.95 bits per heavy atom. The van der Waals surface area contributed by atoms with Crippen LogP contribution < -0.4 is 15.4 Å². The maximum atomic E-state index is 11.8. The van der Waals surface area contributed by atoms with Gasteiger partial charge in [0.05, 0.1) is 12.2 Å². The van der Waals surface area contributed by atoms with E-state index in [1.54, 1.807) is 11.0 Å². The average molecular weight is 273 g/mol. The summed E-state index contributed by atoms with van der Waals surface area (Å²) < 4.78 is 10.5. The van der Waals surface area contributed by atoms with Gasteiger partial charge in [0.25, 0.3) is 5.91 Å². The van der Waals surface area contributed by atoms with Crippen LogP contribution in [0.25, 0.3) is 11.3 Å². The van der Waals surface area contributed by atoms with Crippen LogP contribution in [-0.2, 0) is 11.3 Å². The Bertz CT molecular complexity index is 651. The zero-order chi connectivity index (χ0) is 14.1. The summed E-state index contributed by atoms with van der Waals surface area (Å²) in [6.07, 6.45) is 0. The van der Waals surface area contributed by atoms with Crippen LogP contribution in [0.15, 0.2) is 28.8 Å². The van der Waals surface area contributed by atoms with Gasteiger partial charge in [-0.25, -0.2) is 0 Å². The van der Waals surface area contributed by atoms with E-state index in [-0.39, 0.29) is 12.5 Å². The standard InChI is InChI=1S/C14H15N3O3/c1-2-17-12-5-9(11-6-10(7-15)20-16-11)3-4-13(12)19-8-14(17)18/h3-6H,2,7-8,15H2,1H3. The highest BCUT2D eigenvalue weighted by Gasteiger charge is 2.24. The van der Waals surface area contributed by atoms with Gasteiger partial charge in [0.15, 0.2) is 12.4 Å². The lowest BCUT2D eigenvalue weighted by molar-refractivity contribution is -0.121. The number of nitrogens with zero attached hydrogens (tertiary/aromatic N) is 2. The largest absolute Gasteiger partial charge is 0.482 e. The molecular formula is C14H15N3O3. The Kier molecular flexibility index (Phi) is 3.15. The van der Waals surface area contributed by atoms with Gasteiger partial charge in [0.2, 0.25) is 0 Å². The Hall–Kier alpha value is -2.34. The van der Waals surface area contributed by atoms with E-state index in [0.29, 0.717) is 30.3 Å². The Balaban J connectivity index is 2.03. The minimum atomic E-state index is -0.0417. The second-order valence-electron chi connectivity index (χ2n) is 4.49. The second kappa shape index (κ2) is 4.97. The van der Waals surface area contributed by atoms with E-state index in [2.05, 4.69) is 5.16 Å². The van der Waals surface area contributed by atoms with Crippen molar-refractivity contribution in [2.24, 2.45) is 5.73 Å². The molecule has 1 amide bonds. The number of benzene rings is 1. The lowest BCUT2D eigenvalue weighted by Gasteiger charge is -2.28. The van der Waals surface area contributed by atoms with Crippen LogP contribution in [0.5, 0.6) is 5.75 Å². The van der Waals surface area contributed by atoms with Crippen LogP contribution in [0.2, 0.25) is 0 Å². The number of aromatic nitrogens is 1. The summed E-state index contributed by atoms with van der Waals surface area (Å²) >= 11 is 0. The molecule has 0 saturated heterocycles. The average Bonchev–Trinajstić information content (AvgIpc) is 2.95. The van der Waals surface area contributed by atoms with Crippen molar-refractivity contribution in [1.82, 2.24) is 5.16 Å². The number of anilines is 1. The van der Waals surface area contributed by atoms with Gasteiger partial charge in [0.1, 0.15) is 11.4 Å². The summed E-state index contributed by atoms with van der Waals surface area (Å²) in [4.78, 5) is 13.5. The summed E-state index contributed by atoms with van der Waals surface area (Å²) in [5.41, 5.74) is 7.83. The summed E-state index contributed by atoms with van der Waals surface area (Å²) in [6, 6.07) is 7.41. The van der Waals surface area contributed by atoms with Crippen LogP contribution in [0.3, 0.4) is 0 Å². The van der Waals surface area contributed by atoms with Crippen molar-refractivity contribution in [2.75, 3.05) is 18.1 Å². The molecular weight excluding hydrogens is 258 g/mol. The van der Waals surface area contributed by atoms with Crippen LogP contribution in [0, 0.1) is 0 Å². The van der Waals surface area contributed by atoms with Gasteiger partial charge < -0.3 is 19.9 Å². The van der Waals surface area contributed by atoms with Crippen molar-refractivity contribution in [3.05, 3.63) is 30.0 Å².